The van der Waals surface area contributed by atoms with Crippen molar-refractivity contribution < 1.29 is 29.0 Å². The van der Waals surface area contributed by atoms with E-state index in [9.17, 15) is 19.5 Å². The van der Waals surface area contributed by atoms with Crippen LogP contribution < -0.4 is 11.1 Å². The summed E-state index contributed by atoms with van der Waals surface area (Å²) in [5.41, 5.74) is 8.57. The number of cyclic esters (lactones) is 1. The Morgan fingerprint density at radius 1 is 1.42 bits per heavy atom. The molecule has 0 saturated carbocycles. The second-order valence-corrected chi connectivity index (χ2v) is 14.6. The van der Waals surface area contributed by atoms with Crippen LogP contribution in [0, 0.1) is 0 Å². The Morgan fingerprint density at radius 2 is 2.17 bits per heavy atom. The molecule has 3 heterocycles. The fourth-order valence-corrected chi connectivity index (χ4v) is 7.04. The zero-order valence-corrected chi connectivity index (χ0v) is 21.5. The van der Waals surface area contributed by atoms with Gasteiger partial charge in [0.2, 0.25) is 11.4 Å². The highest BCUT2D eigenvalue weighted by Gasteiger charge is 2.59. The van der Waals surface area contributed by atoms with E-state index in [0.29, 0.717) is 34.9 Å². The number of carbonyl (C=O) groups is 3. The molecule has 0 bridgehead atoms. The number of hydrogen-bond acceptors (Lipinski definition) is 9. The van der Waals surface area contributed by atoms with E-state index in [1.807, 2.05) is 30.1 Å². The average Bonchev–Trinajstić information content (AvgIpc) is 3.21. The number of allylic oxidation sites excluding steroid dienone is 2. The molecule has 5 rings (SSSR count). The van der Waals surface area contributed by atoms with Crippen molar-refractivity contribution in [2.24, 2.45) is 5.73 Å². The second kappa shape index (κ2) is 8.21. The number of fused-ring (bicyclic) bond motifs is 3. The molecule has 0 aromatic heterocycles. The van der Waals surface area contributed by atoms with Crippen molar-refractivity contribution in [3.8, 4) is 5.75 Å². The molecule has 0 spiro atoms. The van der Waals surface area contributed by atoms with E-state index in [-0.39, 0.29) is 24.4 Å². The molecule has 2 unspecified atom stereocenters. The van der Waals surface area contributed by atoms with E-state index < -0.39 is 37.9 Å². The molecule has 3 aliphatic heterocycles. The number of esters is 2. The van der Waals surface area contributed by atoms with Gasteiger partial charge in [0, 0.05) is 23.3 Å². The van der Waals surface area contributed by atoms with Crippen LogP contribution in [-0.4, -0.2) is 53.7 Å². The van der Waals surface area contributed by atoms with Crippen molar-refractivity contribution in [3.63, 3.8) is 0 Å². The van der Waals surface area contributed by atoms with Crippen LogP contribution in [0.15, 0.2) is 58.8 Å². The minimum Gasteiger partial charge on any atom is -0.508 e. The molecule has 1 aromatic carbocycles. The Hall–Kier alpha value is -3.63. The number of aromatic hydroxyl groups is 1. The van der Waals surface area contributed by atoms with E-state index in [0.717, 1.165) is 11.1 Å². The van der Waals surface area contributed by atoms with Crippen LogP contribution in [0.25, 0.3) is 6.08 Å². The predicted octanol–water partition coefficient (Wildman–Crippen LogP) is 2.14. The quantitative estimate of drug-likeness (QED) is 0.405. The maximum absolute atomic E-state index is 14.3. The molecular formula is C26H29N3O6Si. The first-order valence-corrected chi connectivity index (χ1v) is 15.1. The van der Waals surface area contributed by atoms with E-state index >= 15 is 0 Å². The topological polar surface area (TPSA) is 131 Å². The second-order valence-electron chi connectivity index (χ2n) is 10.0. The van der Waals surface area contributed by atoms with E-state index in [1.165, 1.54) is 0 Å². The zero-order chi connectivity index (χ0) is 26.0. The number of ether oxygens (including phenoxy) is 2. The maximum atomic E-state index is 14.3. The molecule has 2 atom stereocenters. The van der Waals surface area contributed by atoms with Gasteiger partial charge in [0.1, 0.15) is 31.1 Å². The number of nitrogens with one attached hydrogen (secondary N) is 1. The van der Waals surface area contributed by atoms with Crippen molar-refractivity contribution >= 4 is 31.9 Å². The fraction of sp³-hybridized carbons (Fsp3) is 0.346. The predicted molar refractivity (Wildman–Crippen MR) is 134 cm³/mol. The highest BCUT2D eigenvalue weighted by molar-refractivity contribution is 6.84. The number of Topliss-reactive ketones (excluding diaryl/α,β-unsaturated/α-hetero) is 1. The summed E-state index contributed by atoms with van der Waals surface area (Å²) in [5, 5.41) is 13.2. The molecule has 4 N–H and O–H groups in total. The first-order chi connectivity index (χ1) is 17.1. The van der Waals surface area contributed by atoms with Gasteiger partial charge in [-0.3, -0.25) is 9.59 Å². The van der Waals surface area contributed by atoms with Gasteiger partial charge >= 0.3 is 11.9 Å². The normalized spacial score (nSPS) is 24.7. The third-order valence-electron chi connectivity index (χ3n) is 7.47. The van der Waals surface area contributed by atoms with Gasteiger partial charge in [-0.1, -0.05) is 31.8 Å². The van der Waals surface area contributed by atoms with Gasteiger partial charge in [0.15, 0.2) is 0 Å². The summed E-state index contributed by atoms with van der Waals surface area (Å²) in [5.74, 6) is -0.830. The highest BCUT2D eigenvalue weighted by Crippen LogP contribution is 2.48. The van der Waals surface area contributed by atoms with E-state index in [1.54, 1.807) is 24.8 Å². The molecule has 1 aromatic rings. The van der Waals surface area contributed by atoms with Gasteiger partial charge in [0.05, 0.1) is 13.1 Å². The minimum atomic E-state index is -2.47. The van der Waals surface area contributed by atoms with E-state index in [2.05, 4.69) is 11.9 Å². The lowest BCUT2D eigenvalue weighted by atomic mass is 9.77. The number of hydrogen-bond donors (Lipinski definition) is 3. The van der Waals surface area contributed by atoms with Crippen molar-refractivity contribution in [2.45, 2.75) is 50.7 Å². The third-order valence-corrected chi connectivity index (χ3v) is 10.3. The Bertz CT molecular complexity index is 1330. The lowest BCUT2D eigenvalue weighted by molar-refractivity contribution is -0.181. The average molecular weight is 508 g/mol. The SMILES string of the molecule is C=C[Si](C)(C)C1OC(=O)C(CC)(OC(=O)CN)C2=C1C(=O)C1=C(C2)NC2=Cc3cc(O)ccc3CN21. The van der Waals surface area contributed by atoms with Gasteiger partial charge in [-0.2, -0.15) is 0 Å². The number of rotatable bonds is 5. The Balaban J connectivity index is 1.64. The first-order valence-electron chi connectivity index (χ1n) is 11.9. The molecule has 9 nitrogen and oxygen atoms in total. The maximum Gasteiger partial charge on any atom is 0.355 e. The number of benzene rings is 1. The number of ketones is 1. The Morgan fingerprint density at radius 3 is 2.83 bits per heavy atom. The summed E-state index contributed by atoms with van der Waals surface area (Å²) < 4.78 is 11.6. The smallest absolute Gasteiger partial charge is 0.355 e. The largest absolute Gasteiger partial charge is 0.508 e. The van der Waals surface area contributed by atoms with Crippen LogP contribution in [-0.2, 0) is 30.4 Å². The van der Waals surface area contributed by atoms with Gasteiger partial charge in [-0.15, -0.1) is 6.58 Å². The molecular weight excluding hydrogens is 478 g/mol. The fourth-order valence-electron chi connectivity index (χ4n) is 5.37. The number of nitrogens with two attached hydrogens (primary N) is 1. The zero-order valence-electron chi connectivity index (χ0n) is 20.5. The summed E-state index contributed by atoms with van der Waals surface area (Å²) >= 11 is 0. The minimum absolute atomic E-state index is 0.103. The van der Waals surface area contributed by atoms with Crippen LogP contribution in [0.5, 0.6) is 5.75 Å². The van der Waals surface area contributed by atoms with Crippen LogP contribution in [0.2, 0.25) is 13.1 Å². The lowest BCUT2D eigenvalue weighted by Gasteiger charge is -2.45. The van der Waals surface area contributed by atoms with Crippen molar-refractivity contribution in [1.29, 1.82) is 0 Å². The van der Waals surface area contributed by atoms with Crippen LogP contribution in [0.3, 0.4) is 0 Å². The Labute approximate surface area is 209 Å². The van der Waals surface area contributed by atoms with Crippen LogP contribution >= 0.6 is 0 Å². The lowest BCUT2D eigenvalue weighted by Crippen LogP contribution is -2.59. The van der Waals surface area contributed by atoms with Crippen LogP contribution in [0.1, 0.15) is 30.9 Å². The molecule has 0 amide bonds. The van der Waals surface area contributed by atoms with Crippen LogP contribution in [0.4, 0.5) is 0 Å². The monoisotopic (exact) mass is 507 g/mol. The Kier molecular flexibility index (Phi) is 5.49. The van der Waals surface area contributed by atoms with Gasteiger partial charge in [0.25, 0.3) is 0 Å². The highest BCUT2D eigenvalue weighted by atomic mass is 28.3. The number of phenolic OH excluding ortho intramolecular Hbond substituents is 1. The van der Waals surface area contributed by atoms with Crippen molar-refractivity contribution in [2.75, 3.05) is 6.54 Å². The molecule has 0 fully saturated rings. The third kappa shape index (κ3) is 3.35. The van der Waals surface area contributed by atoms with Gasteiger partial charge in [-0.05, 0) is 35.8 Å². The summed E-state index contributed by atoms with van der Waals surface area (Å²) in [6, 6.07) is 5.14. The molecule has 0 radical (unpaired) electrons. The van der Waals surface area contributed by atoms with E-state index in [4.69, 9.17) is 15.2 Å². The van der Waals surface area contributed by atoms with Crippen molar-refractivity contribution in [3.05, 3.63) is 70.0 Å². The van der Waals surface area contributed by atoms with Crippen molar-refractivity contribution in [1.82, 2.24) is 10.2 Å². The summed E-state index contributed by atoms with van der Waals surface area (Å²) in [6.45, 7) is 9.66. The standard InChI is InChI=1S/C26H29N3O6Si/c1-5-26(35-20(31)12-27)17-11-18-22(23(32)21(17)24(34-25(26)33)36(3,4)6-2)29-13-14-7-8-16(30)9-15(14)10-19(29)28-18/h6-10,24,28,30H,2,5,11-13,27H2,1,3-4H3. The number of nitrogens with zero attached hydrogens (tertiary/aromatic N) is 1. The van der Waals surface area contributed by atoms with Gasteiger partial charge in [-0.25, -0.2) is 4.79 Å². The summed E-state index contributed by atoms with van der Waals surface area (Å²) in [6.07, 6.45) is 2.20. The molecule has 10 heteroatoms. The molecule has 1 aliphatic carbocycles. The molecule has 188 valence electrons. The summed E-state index contributed by atoms with van der Waals surface area (Å²) in [4.78, 5) is 42.0. The molecule has 36 heavy (non-hydrogen) atoms. The summed E-state index contributed by atoms with van der Waals surface area (Å²) in [7, 11) is -2.47. The van der Waals surface area contributed by atoms with Gasteiger partial charge < -0.3 is 30.5 Å². The first kappa shape index (κ1) is 24.1. The number of phenols is 1. The molecule has 0 saturated heterocycles. The number of carbonyl (C=O) groups excluding carboxylic acids is 3. The molecule has 4 aliphatic rings.